The summed E-state index contributed by atoms with van der Waals surface area (Å²) in [7, 11) is 0. The quantitative estimate of drug-likeness (QED) is 0.514. The van der Waals surface area contributed by atoms with Gasteiger partial charge in [0.15, 0.2) is 5.58 Å². The maximum atomic E-state index is 12.5. The van der Waals surface area contributed by atoms with Crippen LogP contribution < -0.4 is 0 Å². The predicted octanol–water partition coefficient (Wildman–Crippen LogP) is 4.21. The lowest BCUT2D eigenvalue weighted by Crippen LogP contribution is -2.01. The van der Waals surface area contributed by atoms with E-state index in [-0.39, 0.29) is 11.7 Å². The number of carbonyl (C=O) groups excluding carboxylic acids is 1. The average molecular weight is 273 g/mol. The van der Waals surface area contributed by atoms with Gasteiger partial charge in [-0.1, -0.05) is 48.5 Å². The number of oxazole rings is 1. The van der Waals surface area contributed by atoms with E-state index in [0.29, 0.717) is 16.7 Å². The van der Waals surface area contributed by atoms with Crippen molar-refractivity contribution >= 4 is 27.7 Å². The Kier molecular flexibility index (Phi) is 2.57. The molecule has 3 nitrogen and oxygen atoms in total. The van der Waals surface area contributed by atoms with Crippen LogP contribution in [-0.4, -0.2) is 10.8 Å². The fourth-order valence-corrected chi connectivity index (χ4v) is 2.42. The minimum atomic E-state index is -0.197. The van der Waals surface area contributed by atoms with Crippen LogP contribution in [0.5, 0.6) is 0 Å². The molecule has 0 amide bonds. The largest absolute Gasteiger partial charge is 0.433 e. The van der Waals surface area contributed by atoms with Crippen molar-refractivity contribution in [3.05, 3.63) is 78.2 Å². The van der Waals surface area contributed by atoms with Gasteiger partial charge in [-0.05, 0) is 29.0 Å². The second-order valence-electron chi connectivity index (χ2n) is 4.88. The number of aromatic nitrogens is 1. The van der Waals surface area contributed by atoms with Crippen LogP contribution in [0.3, 0.4) is 0 Å². The molecule has 1 heterocycles. The van der Waals surface area contributed by atoms with Crippen molar-refractivity contribution < 1.29 is 9.21 Å². The summed E-state index contributed by atoms with van der Waals surface area (Å²) < 4.78 is 5.54. The van der Waals surface area contributed by atoms with Gasteiger partial charge in [0.25, 0.3) is 5.89 Å². The third-order valence-electron chi connectivity index (χ3n) is 3.50. The van der Waals surface area contributed by atoms with Crippen LogP contribution in [0.2, 0.25) is 0 Å². The second-order valence-corrected chi connectivity index (χ2v) is 4.88. The summed E-state index contributed by atoms with van der Waals surface area (Å²) >= 11 is 0. The molecule has 0 N–H and O–H groups in total. The lowest BCUT2D eigenvalue weighted by atomic mass is 10.0. The van der Waals surface area contributed by atoms with Crippen LogP contribution in [-0.2, 0) is 0 Å². The first-order valence-corrected chi connectivity index (χ1v) is 6.70. The Morgan fingerprint density at radius 3 is 2.48 bits per heavy atom. The van der Waals surface area contributed by atoms with E-state index in [2.05, 4.69) is 4.98 Å². The topological polar surface area (TPSA) is 43.1 Å². The Balaban J connectivity index is 1.81. The number of benzene rings is 3. The summed E-state index contributed by atoms with van der Waals surface area (Å²) in [4.78, 5) is 16.8. The number of rotatable bonds is 2. The van der Waals surface area contributed by atoms with E-state index in [1.165, 1.54) is 0 Å². The first-order chi connectivity index (χ1) is 10.3. The molecular formula is C18H11NO2. The summed E-state index contributed by atoms with van der Waals surface area (Å²) in [6.07, 6.45) is 0. The molecule has 21 heavy (non-hydrogen) atoms. The predicted molar refractivity (Wildman–Crippen MR) is 81.4 cm³/mol. The molecule has 0 aliphatic carbocycles. The minimum absolute atomic E-state index is 0.131. The normalized spacial score (nSPS) is 11.0. The molecule has 0 aliphatic heterocycles. The monoisotopic (exact) mass is 273 g/mol. The Morgan fingerprint density at radius 1 is 0.857 bits per heavy atom. The fraction of sp³-hybridized carbons (Fsp3) is 0. The van der Waals surface area contributed by atoms with Gasteiger partial charge in [-0.2, -0.15) is 0 Å². The Morgan fingerprint density at radius 2 is 1.62 bits per heavy atom. The summed E-state index contributed by atoms with van der Waals surface area (Å²) in [6.45, 7) is 0. The van der Waals surface area contributed by atoms with Crippen LogP contribution in [0, 0.1) is 0 Å². The SMILES string of the molecule is O=C(c1ccc2ccccc2c1)c1nc2ccccc2o1. The molecule has 0 unspecified atom stereocenters. The van der Waals surface area contributed by atoms with Crippen LogP contribution in [0.25, 0.3) is 21.9 Å². The van der Waals surface area contributed by atoms with E-state index in [9.17, 15) is 4.79 Å². The van der Waals surface area contributed by atoms with Gasteiger partial charge in [-0.25, -0.2) is 4.98 Å². The van der Waals surface area contributed by atoms with E-state index < -0.39 is 0 Å². The summed E-state index contributed by atoms with van der Waals surface area (Å²) in [6, 6.07) is 20.9. The molecule has 1 aromatic heterocycles. The summed E-state index contributed by atoms with van der Waals surface area (Å²) in [5.41, 5.74) is 1.91. The number of para-hydroxylation sites is 2. The Hall–Kier alpha value is -2.94. The van der Waals surface area contributed by atoms with Gasteiger partial charge in [0.05, 0.1) is 0 Å². The van der Waals surface area contributed by atoms with Gasteiger partial charge in [-0.3, -0.25) is 4.79 Å². The highest BCUT2D eigenvalue weighted by Crippen LogP contribution is 2.20. The highest BCUT2D eigenvalue weighted by atomic mass is 16.4. The molecule has 3 heteroatoms. The van der Waals surface area contributed by atoms with Crippen molar-refractivity contribution in [3.8, 4) is 0 Å². The van der Waals surface area contributed by atoms with Gasteiger partial charge < -0.3 is 4.42 Å². The van der Waals surface area contributed by atoms with E-state index in [1.807, 2.05) is 54.6 Å². The molecule has 0 bridgehead atoms. The summed E-state index contributed by atoms with van der Waals surface area (Å²) in [5, 5.41) is 2.13. The molecular weight excluding hydrogens is 262 g/mol. The van der Waals surface area contributed by atoms with Gasteiger partial charge in [0.2, 0.25) is 5.78 Å². The van der Waals surface area contributed by atoms with Crippen LogP contribution in [0.15, 0.2) is 71.1 Å². The highest BCUT2D eigenvalue weighted by Gasteiger charge is 2.16. The maximum absolute atomic E-state index is 12.5. The van der Waals surface area contributed by atoms with Gasteiger partial charge in [0.1, 0.15) is 5.52 Å². The fourth-order valence-electron chi connectivity index (χ4n) is 2.42. The number of nitrogens with zero attached hydrogens (tertiary/aromatic N) is 1. The maximum Gasteiger partial charge on any atom is 0.269 e. The number of hydrogen-bond donors (Lipinski definition) is 0. The molecule has 0 radical (unpaired) electrons. The van der Waals surface area contributed by atoms with Gasteiger partial charge in [0, 0.05) is 5.56 Å². The van der Waals surface area contributed by atoms with Crippen LogP contribution in [0.4, 0.5) is 0 Å². The molecule has 0 aliphatic rings. The molecule has 100 valence electrons. The lowest BCUT2D eigenvalue weighted by molar-refractivity contribution is 0.100. The Bertz CT molecular complexity index is 936. The lowest BCUT2D eigenvalue weighted by Gasteiger charge is -2.00. The zero-order valence-electron chi connectivity index (χ0n) is 11.1. The van der Waals surface area contributed by atoms with Gasteiger partial charge in [-0.15, -0.1) is 0 Å². The van der Waals surface area contributed by atoms with E-state index in [4.69, 9.17) is 4.42 Å². The first-order valence-electron chi connectivity index (χ1n) is 6.70. The molecule has 4 aromatic rings. The summed E-state index contributed by atoms with van der Waals surface area (Å²) in [5.74, 6) is -0.0663. The second kappa shape index (κ2) is 4.56. The molecule has 3 aromatic carbocycles. The molecule has 0 spiro atoms. The van der Waals surface area contributed by atoms with Crippen LogP contribution in [0.1, 0.15) is 16.2 Å². The zero-order chi connectivity index (χ0) is 14.2. The number of carbonyl (C=O) groups is 1. The molecule has 0 fully saturated rings. The standard InChI is InChI=1S/C18H11NO2/c20-17(18-19-15-7-3-4-8-16(15)21-18)14-10-9-12-5-1-2-6-13(12)11-14/h1-11H. The van der Waals surface area contributed by atoms with E-state index in [1.54, 1.807) is 12.1 Å². The van der Waals surface area contributed by atoms with Crippen molar-refractivity contribution in [2.24, 2.45) is 0 Å². The third kappa shape index (κ3) is 1.99. The number of ketones is 1. The first kappa shape index (κ1) is 11.9. The average Bonchev–Trinajstić information content (AvgIpc) is 2.97. The van der Waals surface area contributed by atoms with Crippen molar-refractivity contribution in [1.82, 2.24) is 4.98 Å². The zero-order valence-corrected chi connectivity index (χ0v) is 11.1. The van der Waals surface area contributed by atoms with Crippen molar-refractivity contribution in [1.29, 1.82) is 0 Å². The molecule has 0 atom stereocenters. The smallest absolute Gasteiger partial charge is 0.269 e. The van der Waals surface area contributed by atoms with Crippen molar-refractivity contribution in [3.63, 3.8) is 0 Å². The van der Waals surface area contributed by atoms with E-state index >= 15 is 0 Å². The Labute approximate surface area is 120 Å². The van der Waals surface area contributed by atoms with Crippen LogP contribution >= 0.6 is 0 Å². The molecule has 0 saturated heterocycles. The molecule has 4 rings (SSSR count). The highest BCUT2D eigenvalue weighted by molar-refractivity contribution is 6.08. The minimum Gasteiger partial charge on any atom is -0.433 e. The van der Waals surface area contributed by atoms with Gasteiger partial charge >= 0.3 is 0 Å². The molecule has 0 saturated carbocycles. The number of hydrogen-bond acceptors (Lipinski definition) is 3. The number of fused-ring (bicyclic) bond motifs is 2. The van der Waals surface area contributed by atoms with E-state index in [0.717, 1.165) is 10.8 Å². The third-order valence-corrected chi connectivity index (χ3v) is 3.50. The van der Waals surface area contributed by atoms with Crippen molar-refractivity contribution in [2.75, 3.05) is 0 Å². The van der Waals surface area contributed by atoms with Crippen molar-refractivity contribution in [2.45, 2.75) is 0 Å².